The first-order chi connectivity index (χ1) is 8.08. The van der Waals surface area contributed by atoms with Crippen LogP contribution in [0.1, 0.15) is 13.3 Å². The molecule has 0 bridgehead atoms. The largest absolute Gasteiger partial charge is 0.468 e. The first-order valence-electron chi connectivity index (χ1n) is 5.22. The SMILES string of the molecule is CCC(C(=O)Nc1cccc(F)c1)C(=O)OC. The molecule has 92 valence electrons. The van der Waals surface area contributed by atoms with Gasteiger partial charge in [0.1, 0.15) is 11.7 Å². The Hall–Kier alpha value is -1.91. The molecule has 1 aromatic rings. The maximum absolute atomic E-state index is 12.9. The minimum atomic E-state index is -0.872. The zero-order chi connectivity index (χ0) is 12.8. The van der Waals surface area contributed by atoms with E-state index in [1.807, 2.05) is 0 Å². The predicted octanol–water partition coefficient (Wildman–Crippen LogP) is 1.96. The van der Waals surface area contributed by atoms with Crippen LogP contribution in [0.3, 0.4) is 0 Å². The lowest BCUT2D eigenvalue weighted by atomic mass is 10.1. The van der Waals surface area contributed by atoms with E-state index in [2.05, 4.69) is 10.1 Å². The topological polar surface area (TPSA) is 55.4 Å². The Bertz CT molecular complexity index is 420. The summed E-state index contributed by atoms with van der Waals surface area (Å²) in [6.07, 6.45) is 0.327. The lowest BCUT2D eigenvalue weighted by Gasteiger charge is -2.12. The summed E-state index contributed by atoms with van der Waals surface area (Å²) in [4.78, 5) is 23.0. The molecule has 1 atom stereocenters. The van der Waals surface area contributed by atoms with Crippen molar-refractivity contribution in [2.45, 2.75) is 13.3 Å². The van der Waals surface area contributed by atoms with Gasteiger partial charge in [0.25, 0.3) is 0 Å². The second kappa shape index (κ2) is 5.98. The molecular formula is C12H14FNO3. The molecule has 0 aliphatic carbocycles. The van der Waals surface area contributed by atoms with Crippen LogP contribution in [0.25, 0.3) is 0 Å². The Kier molecular flexibility index (Phi) is 4.63. The normalized spacial score (nSPS) is 11.7. The van der Waals surface area contributed by atoms with Crippen molar-refractivity contribution >= 4 is 17.6 Å². The molecule has 0 radical (unpaired) electrons. The highest BCUT2D eigenvalue weighted by Crippen LogP contribution is 2.13. The average Bonchev–Trinajstić information content (AvgIpc) is 2.29. The van der Waals surface area contributed by atoms with Gasteiger partial charge in [-0.3, -0.25) is 9.59 Å². The molecular weight excluding hydrogens is 225 g/mol. The Labute approximate surface area is 98.8 Å². The number of benzene rings is 1. The molecule has 0 spiro atoms. The fourth-order valence-corrected chi connectivity index (χ4v) is 1.40. The number of hydrogen-bond acceptors (Lipinski definition) is 3. The van der Waals surface area contributed by atoms with Gasteiger partial charge in [0.15, 0.2) is 0 Å². The Morgan fingerprint density at radius 3 is 2.71 bits per heavy atom. The first kappa shape index (κ1) is 13.2. The quantitative estimate of drug-likeness (QED) is 0.645. The number of rotatable bonds is 4. The van der Waals surface area contributed by atoms with E-state index in [0.717, 1.165) is 0 Å². The van der Waals surface area contributed by atoms with Crippen LogP contribution in [0, 0.1) is 11.7 Å². The minimum Gasteiger partial charge on any atom is -0.468 e. The Morgan fingerprint density at radius 1 is 1.47 bits per heavy atom. The van der Waals surface area contributed by atoms with Crippen LogP contribution in [-0.4, -0.2) is 19.0 Å². The Morgan fingerprint density at radius 2 is 2.18 bits per heavy atom. The molecule has 0 saturated carbocycles. The van der Waals surface area contributed by atoms with Crippen molar-refractivity contribution in [2.24, 2.45) is 5.92 Å². The molecule has 0 heterocycles. The van der Waals surface area contributed by atoms with Gasteiger partial charge in [-0.2, -0.15) is 0 Å². The zero-order valence-corrected chi connectivity index (χ0v) is 9.70. The number of carbonyl (C=O) groups excluding carboxylic acids is 2. The molecule has 17 heavy (non-hydrogen) atoms. The van der Waals surface area contributed by atoms with Crippen LogP contribution >= 0.6 is 0 Å². The van der Waals surface area contributed by atoms with E-state index in [1.54, 1.807) is 13.0 Å². The highest BCUT2D eigenvalue weighted by Gasteiger charge is 2.25. The van der Waals surface area contributed by atoms with Crippen molar-refractivity contribution in [1.29, 1.82) is 0 Å². The van der Waals surface area contributed by atoms with Crippen molar-refractivity contribution in [3.05, 3.63) is 30.1 Å². The van der Waals surface area contributed by atoms with Crippen molar-refractivity contribution in [3.63, 3.8) is 0 Å². The summed E-state index contributed by atoms with van der Waals surface area (Å²) in [6, 6.07) is 5.48. The monoisotopic (exact) mass is 239 g/mol. The van der Waals surface area contributed by atoms with E-state index in [0.29, 0.717) is 12.1 Å². The van der Waals surface area contributed by atoms with Gasteiger partial charge in [0, 0.05) is 5.69 Å². The maximum Gasteiger partial charge on any atom is 0.318 e. The summed E-state index contributed by atoms with van der Waals surface area (Å²) in [7, 11) is 1.22. The highest BCUT2D eigenvalue weighted by molar-refractivity contribution is 6.04. The van der Waals surface area contributed by atoms with E-state index in [4.69, 9.17) is 0 Å². The van der Waals surface area contributed by atoms with Crippen LogP contribution in [-0.2, 0) is 14.3 Å². The second-order valence-electron chi connectivity index (χ2n) is 3.48. The predicted molar refractivity (Wildman–Crippen MR) is 60.8 cm³/mol. The van der Waals surface area contributed by atoms with Crippen LogP contribution in [0.5, 0.6) is 0 Å². The number of carbonyl (C=O) groups is 2. The smallest absolute Gasteiger partial charge is 0.318 e. The van der Waals surface area contributed by atoms with Gasteiger partial charge in [-0.1, -0.05) is 13.0 Å². The average molecular weight is 239 g/mol. The van der Waals surface area contributed by atoms with Gasteiger partial charge >= 0.3 is 5.97 Å². The highest BCUT2D eigenvalue weighted by atomic mass is 19.1. The van der Waals surface area contributed by atoms with Crippen molar-refractivity contribution in [3.8, 4) is 0 Å². The Balaban J connectivity index is 2.74. The standard InChI is InChI=1S/C12H14FNO3/c1-3-10(12(16)17-2)11(15)14-9-6-4-5-8(13)7-9/h4-7,10H,3H2,1-2H3,(H,14,15). The van der Waals surface area contributed by atoms with Gasteiger partial charge in [-0.25, -0.2) is 4.39 Å². The summed E-state index contributed by atoms with van der Waals surface area (Å²) < 4.78 is 17.4. The minimum absolute atomic E-state index is 0.317. The molecule has 1 N–H and O–H groups in total. The van der Waals surface area contributed by atoms with Crippen LogP contribution in [0.2, 0.25) is 0 Å². The van der Waals surface area contributed by atoms with Crippen LogP contribution in [0.15, 0.2) is 24.3 Å². The van der Waals surface area contributed by atoms with E-state index in [9.17, 15) is 14.0 Å². The molecule has 1 rings (SSSR count). The summed E-state index contributed by atoms with van der Waals surface area (Å²) in [5.41, 5.74) is 0.317. The molecule has 0 saturated heterocycles. The van der Waals surface area contributed by atoms with Gasteiger partial charge in [-0.05, 0) is 24.6 Å². The number of anilines is 1. The van der Waals surface area contributed by atoms with Crippen molar-refractivity contribution in [1.82, 2.24) is 0 Å². The summed E-state index contributed by atoms with van der Waals surface area (Å²) in [6.45, 7) is 1.70. The molecule has 0 aromatic heterocycles. The maximum atomic E-state index is 12.9. The molecule has 0 aliphatic heterocycles. The lowest BCUT2D eigenvalue weighted by Crippen LogP contribution is -2.30. The molecule has 1 amide bonds. The second-order valence-corrected chi connectivity index (χ2v) is 3.48. The molecule has 1 unspecified atom stereocenters. The van der Waals surface area contributed by atoms with E-state index in [-0.39, 0.29) is 0 Å². The first-order valence-corrected chi connectivity index (χ1v) is 5.22. The van der Waals surface area contributed by atoms with Crippen LogP contribution in [0.4, 0.5) is 10.1 Å². The number of methoxy groups -OCH3 is 1. The fourth-order valence-electron chi connectivity index (χ4n) is 1.40. The number of amides is 1. The molecule has 0 aliphatic rings. The number of halogens is 1. The fraction of sp³-hybridized carbons (Fsp3) is 0.333. The number of esters is 1. The number of nitrogens with one attached hydrogen (secondary N) is 1. The van der Waals surface area contributed by atoms with Crippen LogP contribution < -0.4 is 5.32 Å². The molecule has 0 fully saturated rings. The summed E-state index contributed by atoms with van der Waals surface area (Å²) in [5.74, 6) is -2.41. The number of hydrogen-bond donors (Lipinski definition) is 1. The lowest BCUT2D eigenvalue weighted by molar-refractivity contribution is -0.148. The van der Waals surface area contributed by atoms with E-state index >= 15 is 0 Å². The molecule has 5 heteroatoms. The van der Waals surface area contributed by atoms with E-state index < -0.39 is 23.6 Å². The van der Waals surface area contributed by atoms with E-state index in [1.165, 1.54) is 25.3 Å². The summed E-state index contributed by atoms with van der Waals surface area (Å²) in [5, 5.41) is 2.47. The number of ether oxygens (including phenoxy) is 1. The van der Waals surface area contributed by atoms with Gasteiger partial charge < -0.3 is 10.1 Å². The zero-order valence-electron chi connectivity index (χ0n) is 9.70. The van der Waals surface area contributed by atoms with Gasteiger partial charge in [0.2, 0.25) is 5.91 Å². The van der Waals surface area contributed by atoms with Crippen molar-refractivity contribution in [2.75, 3.05) is 12.4 Å². The third-order valence-electron chi connectivity index (χ3n) is 2.30. The third kappa shape index (κ3) is 3.55. The van der Waals surface area contributed by atoms with Crippen molar-refractivity contribution < 1.29 is 18.7 Å². The molecule has 4 nitrogen and oxygen atoms in total. The van der Waals surface area contributed by atoms with Gasteiger partial charge in [-0.15, -0.1) is 0 Å². The molecule has 1 aromatic carbocycles. The van der Waals surface area contributed by atoms with Gasteiger partial charge in [0.05, 0.1) is 7.11 Å². The third-order valence-corrected chi connectivity index (χ3v) is 2.30. The summed E-state index contributed by atoms with van der Waals surface area (Å²) >= 11 is 0.